The molecule has 3 rings (SSSR count). The normalized spacial score (nSPS) is 17.0. The maximum Gasteiger partial charge on any atom is 0.149 e. The molecule has 0 atom stereocenters. The summed E-state index contributed by atoms with van der Waals surface area (Å²) in [6, 6.07) is 11.9. The van der Waals surface area contributed by atoms with E-state index >= 15 is 0 Å². The molecule has 0 spiro atoms. The van der Waals surface area contributed by atoms with Gasteiger partial charge in [-0.25, -0.2) is 0 Å². The molecule has 0 amide bonds. The summed E-state index contributed by atoms with van der Waals surface area (Å²) < 4.78 is 5.37. The Labute approximate surface area is 136 Å². The number of furan rings is 1. The average Bonchev–Trinajstić information content (AvgIpc) is 3.06. The molecule has 5 heteroatoms. The van der Waals surface area contributed by atoms with Crippen molar-refractivity contribution in [3.8, 4) is 0 Å². The van der Waals surface area contributed by atoms with Crippen LogP contribution in [-0.2, 0) is 6.54 Å². The predicted molar refractivity (Wildman–Crippen MR) is 89.2 cm³/mol. The van der Waals surface area contributed by atoms with E-state index in [-0.39, 0.29) is 0 Å². The number of hydrogen-bond donors (Lipinski definition) is 0. The van der Waals surface area contributed by atoms with Crippen molar-refractivity contribution in [1.29, 1.82) is 0 Å². The predicted octanol–water partition coefficient (Wildman–Crippen LogP) is 3.47. The van der Waals surface area contributed by atoms with Gasteiger partial charge in [-0.05, 0) is 36.8 Å². The van der Waals surface area contributed by atoms with E-state index in [2.05, 4.69) is 27.1 Å². The van der Waals surface area contributed by atoms with E-state index in [1.54, 1.807) is 6.26 Å². The van der Waals surface area contributed by atoms with Gasteiger partial charge in [-0.3, -0.25) is 9.91 Å². The Kier molecular flexibility index (Phi) is 4.80. The molecular weight excluding hydrogens is 298 g/mol. The van der Waals surface area contributed by atoms with Gasteiger partial charge in [0.05, 0.1) is 12.0 Å². The highest BCUT2D eigenvalue weighted by molar-refractivity contribution is 6.30. The second-order valence-electron chi connectivity index (χ2n) is 5.52. The van der Waals surface area contributed by atoms with Crippen LogP contribution < -0.4 is 0 Å². The summed E-state index contributed by atoms with van der Waals surface area (Å²) in [5.41, 5.74) is 2.23. The van der Waals surface area contributed by atoms with E-state index in [0.29, 0.717) is 0 Å². The second kappa shape index (κ2) is 6.99. The lowest BCUT2D eigenvalue weighted by Gasteiger charge is -2.33. The molecule has 0 saturated carbocycles. The standard InChI is InChI=1S/C17H20ClN3O/c1-14(17-3-2-12-22-17)19-21-10-8-20(9-11-21)13-15-4-6-16(18)7-5-15/h2-7,12H,8-11,13H2,1H3/b19-14-. The first-order chi connectivity index (χ1) is 10.7. The number of nitrogens with zero attached hydrogens (tertiary/aromatic N) is 3. The third-order valence-corrected chi connectivity index (χ3v) is 4.09. The van der Waals surface area contributed by atoms with Crippen molar-refractivity contribution < 1.29 is 4.42 Å². The Hall–Kier alpha value is -1.78. The number of hydrazone groups is 1. The Morgan fingerprint density at radius 3 is 2.50 bits per heavy atom. The highest BCUT2D eigenvalue weighted by Crippen LogP contribution is 2.13. The fourth-order valence-electron chi connectivity index (χ4n) is 2.59. The Morgan fingerprint density at radius 1 is 1.14 bits per heavy atom. The monoisotopic (exact) mass is 317 g/mol. The Bertz CT molecular complexity index is 614. The summed E-state index contributed by atoms with van der Waals surface area (Å²) in [6.07, 6.45) is 1.68. The summed E-state index contributed by atoms with van der Waals surface area (Å²) in [4.78, 5) is 2.44. The van der Waals surface area contributed by atoms with Crippen LogP contribution in [0.4, 0.5) is 0 Å². The lowest BCUT2D eigenvalue weighted by atomic mass is 10.2. The highest BCUT2D eigenvalue weighted by Gasteiger charge is 2.16. The molecule has 2 heterocycles. The van der Waals surface area contributed by atoms with Crippen LogP contribution in [0.2, 0.25) is 5.02 Å². The quantitative estimate of drug-likeness (QED) is 0.809. The fourth-order valence-corrected chi connectivity index (χ4v) is 2.72. The number of hydrogen-bond acceptors (Lipinski definition) is 4. The van der Waals surface area contributed by atoms with E-state index in [1.165, 1.54) is 5.56 Å². The van der Waals surface area contributed by atoms with Crippen LogP contribution >= 0.6 is 11.6 Å². The van der Waals surface area contributed by atoms with Gasteiger partial charge < -0.3 is 4.42 Å². The molecule has 1 aromatic heterocycles. The van der Waals surface area contributed by atoms with Gasteiger partial charge in [0.15, 0.2) is 0 Å². The summed E-state index contributed by atoms with van der Waals surface area (Å²) in [6.45, 7) is 6.84. The molecule has 1 aliphatic heterocycles. The molecule has 1 saturated heterocycles. The molecule has 4 nitrogen and oxygen atoms in total. The van der Waals surface area contributed by atoms with E-state index in [1.807, 2.05) is 31.2 Å². The first-order valence-electron chi connectivity index (χ1n) is 7.51. The van der Waals surface area contributed by atoms with Crippen molar-refractivity contribution in [1.82, 2.24) is 9.91 Å². The molecule has 0 unspecified atom stereocenters. The summed E-state index contributed by atoms with van der Waals surface area (Å²) in [5.74, 6) is 0.837. The molecule has 0 aliphatic carbocycles. The molecule has 1 aliphatic rings. The summed E-state index contributed by atoms with van der Waals surface area (Å²) in [7, 11) is 0. The van der Waals surface area contributed by atoms with Gasteiger partial charge in [0, 0.05) is 37.7 Å². The minimum absolute atomic E-state index is 0.788. The molecule has 1 fully saturated rings. The van der Waals surface area contributed by atoms with E-state index in [9.17, 15) is 0 Å². The minimum Gasteiger partial charge on any atom is -0.463 e. The van der Waals surface area contributed by atoms with Crippen LogP contribution in [0.1, 0.15) is 18.2 Å². The molecule has 2 aromatic rings. The van der Waals surface area contributed by atoms with Gasteiger partial charge in [-0.2, -0.15) is 5.10 Å². The van der Waals surface area contributed by atoms with E-state index in [0.717, 1.165) is 49.2 Å². The lowest BCUT2D eigenvalue weighted by molar-refractivity contribution is 0.130. The van der Waals surface area contributed by atoms with Crippen molar-refractivity contribution in [2.45, 2.75) is 13.5 Å². The van der Waals surface area contributed by atoms with Crippen molar-refractivity contribution in [3.63, 3.8) is 0 Å². The number of benzene rings is 1. The number of piperazine rings is 1. The minimum atomic E-state index is 0.788. The molecular formula is C17H20ClN3O. The lowest BCUT2D eigenvalue weighted by Crippen LogP contribution is -2.43. The third kappa shape index (κ3) is 3.90. The first-order valence-corrected chi connectivity index (χ1v) is 7.89. The van der Waals surface area contributed by atoms with Gasteiger partial charge in [0.1, 0.15) is 5.76 Å². The van der Waals surface area contributed by atoms with Crippen molar-refractivity contribution in [2.24, 2.45) is 5.10 Å². The molecule has 0 N–H and O–H groups in total. The van der Waals surface area contributed by atoms with Crippen LogP contribution in [0.25, 0.3) is 0 Å². The van der Waals surface area contributed by atoms with Crippen molar-refractivity contribution in [3.05, 3.63) is 59.0 Å². The van der Waals surface area contributed by atoms with Crippen molar-refractivity contribution >= 4 is 17.3 Å². The smallest absolute Gasteiger partial charge is 0.149 e. The Morgan fingerprint density at radius 2 is 1.86 bits per heavy atom. The molecule has 0 bridgehead atoms. The van der Waals surface area contributed by atoms with Crippen LogP contribution in [0.3, 0.4) is 0 Å². The van der Waals surface area contributed by atoms with E-state index < -0.39 is 0 Å². The topological polar surface area (TPSA) is 32.0 Å². The SMILES string of the molecule is C/C(=N/N1CCN(Cc2ccc(Cl)cc2)CC1)c1ccco1. The van der Waals surface area contributed by atoms with Gasteiger partial charge >= 0.3 is 0 Å². The largest absolute Gasteiger partial charge is 0.463 e. The second-order valence-corrected chi connectivity index (χ2v) is 5.96. The van der Waals surface area contributed by atoms with Gasteiger partial charge in [0.25, 0.3) is 0 Å². The van der Waals surface area contributed by atoms with Gasteiger partial charge in [-0.1, -0.05) is 23.7 Å². The first kappa shape index (κ1) is 15.1. The van der Waals surface area contributed by atoms with Gasteiger partial charge in [0.2, 0.25) is 0 Å². The summed E-state index contributed by atoms with van der Waals surface area (Å²) >= 11 is 5.92. The fraction of sp³-hybridized carbons (Fsp3) is 0.353. The van der Waals surface area contributed by atoms with Crippen LogP contribution in [0.15, 0.2) is 52.2 Å². The van der Waals surface area contributed by atoms with Crippen LogP contribution in [0, 0.1) is 0 Å². The zero-order chi connectivity index (χ0) is 15.4. The summed E-state index contributed by atoms with van der Waals surface area (Å²) in [5, 5.41) is 7.55. The van der Waals surface area contributed by atoms with Crippen LogP contribution in [0.5, 0.6) is 0 Å². The van der Waals surface area contributed by atoms with Crippen LogP contribution in [-0.4, -0.2) is 41.8 Å². The number of halogens is 1. The Balaban J connectivity index is 1.52. The van der Waals surface area contributed by atoms with Gasteiger partial charge in [-0.15, -0.1) is 0 Å². The maximum atomic E-state index is 5.92. The molecule has 116 valence electrons. The zero-order valence-electron chi connectivity index (χ0n) is 12.7. The average molecular weight is 318 g/mol. The highest BCUT2D eigenvalue weighted by atomic mass is 35.5. The molecule has 22 heavy (non-hydrogen) atoms. The number of rotatable bonds is 4. The third-order valence-electron chi connectivity index (χ3n) is 3.84. The molecule has 1 aromatic carbocycles. The molecule has 0 radical (unpaired) electrons. The zero-order valence-corrected chi connectivity index (χ0v) is 13.5. The van der Waals surface area contributed by atoms with Crippen molar-refractivity contribution in [2.75, 3.05) is 26.2 Å². The van der Waals surface area contributed by atoms with E-state index in [4.69, 9.17) is 16.0 Å². The maximum absolute atomic E-state index is 5.92.